The molecule has 0 radical (unpaired) electrons. The first-order valence-corrected chi connectivity index (χ1v) is 8.15. The summed E-state index contributed by atoms with van der Waals surface area (Å²) in [6.45, 7) is 12.8. The highest BCUT2D eigenvalue weighted by atomic mass is 16.5. The predicted molar refractivity (Wildman–Crippen MR) is 91.0 cm³/mol. The van der Waals surface area contributed by atoms with Crippen molar-refractivity contribution in [3.8, 4) is 5.75 Å². The summed E-state index contributed by atoms with van der Waals surface area (Å²) in [4.78, 5) is 2.45. The van der Waals surface area contributed by atoms with Gasteiger partial charge < -0.3 is 10.1 Å². The zero-order valence-electron chi connectivity index (χ0n) is 14.5. The smallest absolute Gasteiger partial charge is 0.119 e. The van der Waals surface area contributed by atoms with Gasteiger partial charge in [-0.25, -0.2) is 0 Å². The van der Waals surface area contributed by atoms with E-state index in [4.69, 9.17) is 4.74 Å². The molecular formula is C18H32N2O. The van der Waals surface area contributed by atoms with Crippen molar-refractivity contribution in [3.05, 3.63) is 29.8 Å². The molecule has 120 valence electrons. The third-order valence-electron chi connectivity index (χ3n) is 3.98. The average Bonchev–Trinajstić information content (AvgIpc) is 2.45. The van der Waals surface area contributed by atoms with Gasteiger partial charge in [0.25, 0.3) is 0 Å². The summed E-state index contributed by atoms with van der Waals surface area (Å²) >= 11 is 0. The Hall–Kier alpha value is -1.06. The fourth-order valence-electron chi connectivity index (χ4n) is 2.78. The Morgan fingerprint density at radius 1 is 1.05 bits per heavy atom. The van der Waals surface area contributed by atoms with E-state index in [0.29, 0.717) is 18.1 Å². The largest absolute Gasteiger partial charge is 0.492 e. The van der Waals surface area contributed by atoms with Gasteiger partial charge in [-0.3, -0.25) is 4.90 Å². The van der Waals surface area contributed by atoms with Crippen LogP contribution in [0.1, 0.15) is 52.6 Å². The van der Waals surface area contributed by atoms with Crippen LogP contribution in [0.3, 0.4) is 0 Å². The molecule has 1 aromatic rings. The normalized spacial score (nSPS) is 13.2. The molecule has 0 amide bonds. The second-order valence-corrected chi connectivity index (χ2v) is 6.09. The molecule has 1 N–H and O–H groups in total. The molecule has 3 nitrogen and oxygen atoms in total. The molecule has 0 saturated carbocycles. The van der Waals surface area contributed by atoms with Crippen LogP contribution in [0.2, 0.25) is 0 Å². The van der Waals surface area contributed by atoms with E-state index in [9.17, 15) is 0 Å². The molecule has 1 aromatic carbocycles. The van der Waals surface area contributed by atoms with Crippen molar-refractivity contribution >= 4 is 0 Å². The number of ether oxygens (including phenoxy) is 1. The highest BCUT2D eigenvalue weighted by Gasteiger charge is 2.13. The van der Waals surface area contributed by atoms with Crippen LogP contribution in [-0.2, 0) is 0 Å². The minimum Gasteiger partial charge on any atom is -0.492 e. The van der Waals surface area contributed by atoms with Crippen LogP contribution < -0.4 is 10.1 Å². The van der Waals surface area contributed by atoms with Gasteiger partial charge in [-0.2, -0.15) is 0 Å². The fraction of sp³-hybridized carbons (Fsp3) is 0.667. The lowest BCUT2D eigenvalue weighted by molar-refractivity contribution is 0.142. The Morgan fingerprint density at radius 2 is 1.62 bits per heavy atom. The predicted octanol–water partition coefficient (Wildman–Crippen LogP) is 3.85. The van der Waals surface area contributed by atoms with Crippen molar-refractivity contribution in [1.29, 1.82) is 0 Å². The Bertz CT molecular complexity index is 375. The van der Waals surface area contributed by atoms with Gasteiger partial charge >= 0.3 is 0 Å². The first-order chi connectivity index (χ1) is 9.99. The number of nitrogens with zero attached hydrogens (tertiary/aromatic N) is 1. The molecule has 0 aliphatic heterocycles. The highest BCUT2D eigenvalue weighted by Crippen LogP contribution is 2.19. The number of hydrogen-bond donors (Lipinski definition) is 1. The Morgan fingerprint density at radius 3 is 2.05 bits per heavy atom. The van der Waals surface area contributed by atoms with E-state index in [1.165, 1.54) is 5.56 Å². The van der Waals surface area contributed by atoms with Crippen LogP contribution in [0.15, 0.2) is 24.3 Å². The van der Waals surface area contributed by atoms with Gasteiger partial charge in [-0.1, -0.05) is 19.1 Å². The lowest BCUT2D eigenvalue weighted by atomic mass is 10.1. The van der Waals surface area contributed by atoms with Crippen LogP contribution in [0.25, 0.3) is 0 Å². The van der Waals surface area contributed by atoms with Crippen molar-refractivity contribution in [2.75, 3.05) is 20.2 Å². The van der Waals surface area contributed by atoms with E-state index in [1.807, 2.05) is 7.05 Å². The molecule has 0 bridgehead atoms. The number of nitrogens with one attached hydrogen (secondary N) is 1. The highest BCUT2D eigenvalue weighted by molar-refractivity contribution is 5.29. The fourth-order valence-corrected chi connectivity index (χ4v) is 2.78. The van der Waals surface area contributed by atoms with Crippen molar-refractivity contribution in [2.24, 2.45) is 0 Å². The van der Waals surface area contributed by atoms with Crippen molar-refractivity contribution in [3.63, 3.8) is 0 Å². The minimum absolute atomic E-state index is 0.427. The monoisotopic (exact) mass is 292 g/mol. The van der Waals surface area contributed by atoms with Crippen LogP contribution in [-0.4, -0.2) is 37.2 Å². The van der Waals surface area contributed by atoms with Gasteiger partial charge in [0, 0.05) is 24.7 Å². The summed E-state index contributed by atoms with van der Waals surface area (Å²) in [6.07, 6.45) is 1.09. The van der Waals surface area contributed by atoms with E-state index in [0.717, 1.165) is 25.3 Å². The molecule has 1 rings (SSSR count). The van der Waals surface area contributed by atoms with E-state index in [-0.39, 0.29) is 0 Å². The second kappa shape index (κ2) is 9.06. The van der Waals surface area contributed by atoms with Gasteiger partial charge in [0.15, 0.2) is 0 Å². The summed E-state index contributed by atoms with van der Waals surface area (Å²) < 4.78 is 5.88. The summed E-state index contributed by atoms with van der Waals surface area (Å²) in [7, 11) is 2.00. The molecule has 0 aliphatic rings. The molecule has 1 atom stereocenters. The molecule has 0 heterocycles. The lowest BCUT2D eigenvalue weighted by Crippen LogP contribution is -2.39. The maximum absolute atomic E-state index is 5.88. The van der Waals surface area contributed by atoms with Crippen LogP contribution in [0, 0.1) is 0 Å². The first-order valence-electron chi connectivity index (χ1n) is 8.15. The zero-order chi connectivity index (χ0) is 15.8. The van der Waals surface area contributed by atoms with Gasteiger partial charge in [0.1, 0.15) is 12.4 Å². The van der Waals surface area contributed by atoms with Gasteiger partial charge in [0.05, 0.1) is 0 Å². The van der Waals surface area contributed by atoms with Gasteiger partial charge in [-0.15, -0.1) is 0 Å². The zero-order valence-corrected chi connectivity index (χ0v) is 14.5. The third-order valence-corrected chi connectivity index (χ3v) is 3.98. The van der Waals surface area contributed by atoms with Crippen LogP contribution in [0.5, 0.6) is 5.75 Å². The minimum atomic E-state index is 0.427. The third kappa shape index (κ3) is 5.68. The van der Waals surface area contributed by atoms with Crippen LogP contribution >= 0.6 is 0 Å². The SMILES string of the molecule is CCC(NC)c1ccc(OCCN(C(C)C)C(C)C)cc1. The topological polar surface area (TPSA) is 24.5 Å². The average molecular weight is 292 g/mol. The number of hydrogen-bond acceptors (Lipinski definition) is 3. The number of rotatable bonds is 9. The molecule has 0 aliphatic carbocycles. The summed E-state index contributed by atoms with van der Waals surface area (Å²) in [6, 6.07) is 9.99. The lowest BCUT2D eigenvalue weighted by Gasteiger charge is -2.30. The quantitative estimate of drug-likeness (QED) is 0.748. The molecular weight excluding hydrogens is 260 g/mol. The number of benzene rings is 1. The summed E-state index contributed by atoms with van der Waals surface area (Å²) in [5.41, 5.74) is 1.32. The van der Waals surface area contributed by atoms with Gasteiger partial charge in [0.2, 0.25) is 0 Å². The summed E-state index contributed by atoms with van der Waals surface area (Å²) in [5.74, 6) is 0.956. The van der Waals surface area contributed by atoms with Gasteiger partial charge in [-0.05, 0) is 58.9 Å². The standard InChI is InChI=1S/C18H32N2O/c1-7-18(19-6)16-8-10-17(11-9-16)21-13-12-20(14(2)3)15(4)5/h8-11,14-15,18-19H,7,12-13H2,1-6H3. The molecule has 0 saturated heterocycles. The van der Waals surface area contributed by atoms with E-state index in [1.54, 1.807) is 0 Å². The molecule has 0 aromatic heterocycles. The first kappa shape index (κ1) is 18.0. The molecule has 3 heteroatoms. The molecule has 1 unspecified atom stereocenters. The molecule has 0 fully saturated rings. The van der Waals surface area contributed by atoms with Crippen molar-refractivity contribution in [1.82, 2.24) is 10.2 Å². The Kier molecular flexibility index (Phi) is 7.76. The van der Waals surface area contributed by atoms with E-state index in [2.05, 4.69) is 69.1 Å². The molecule has 21 heavy (non-hydrogen) atoms. The van der Waals surface area contributed by atoms with E-state index < -0.39 is 0 Å². The Balaban J connectivity index is 2.49. The second-order valence-electron chi connectivity index (χ2n) is 6.09. The summed E-state index contributed by atoms with van der Waals surface area (Å²) in [5, 5.41) is 3.32. The molecule has 0 spiro atoms. The Labute approximate surface area is 130 Å². The maximum Gasteiger partial charge on any atom is 0.119 e. The maximum atomic E-state index is 5.88. The van der Waals surface area contributed by atoms with Crippen molar-refractivity contribution in [2.45, 2.75) is 59.2 Å². The van der Waals surface area contributed by atoms with Crippen molar-refractivity contribution < 1.29 is 4.74 Å². The van der Waals surface area contributed by atoms with Crippen LogP contribution in [0.4, 0.5) is 0 Å². The van der Waals surface area contributed by atoms with E-state index >= 15 is 0 Å².